The Morgan fingerprint density at radius 1 is 1.26 bits per heavy atom. The second-order valence-corrected chi connectivity index (χ2v) is 7.08. The van der Waals surface area contributed by atoms with Crippen LogP contribution in [0.1, 0.15) is 5.56 Å². The van der Waals surface area contributed by atoms with Gasteiger partial charge in [0.1, 0.15) is 0 Å². The first-order chi connectivity index (χ1) is 12.8. The normalized spacial score (nSPS) is 11.7. The van der Waals surface area contributed by atoms with Crippen LogP contribution in [0.3, 0.4) is 0 Å². The lowest BCUT2D eigenvalue weighted by molar-refractivity contribution is -0.137. The monoisotopic (exact) mass is 413 g/mol. The second kappa shape index (κ2) is 7.82. The second-order valence-electron chi connectivity index (χ2n) is 5.68. The van der Waals surface area contributed by atoms with Gasteiger partial charge in [-0.25, -0.2) is 0 Å². The van der Waals surface area contributed by atoms with Crippen molar-refractivity contribution in [3.05, 3.63) is 63.5 Å². The Morgan fingerprint density at radius 3 is 2.67 bits per heavy atom. The number of rotatable bonds is 5. The first kappa shape index (κ1) is 19.6. The van der Waals surface area contributed by atoms with Crippen molar-refractivity contribution in [3.63, 3.8) is 0 Å². The maximum absolute atomic E-state index is 13.2. The zero-order valence-electron chi connectivity index (χ0n) is 14.2. The molecule has 1 N–H and O–H groups in total. The van der Waals surface area contributed by atoms with Crippen LogP contribution < -0.4 is 10.9 Å². The maximum atomic E-state index is 13.2. The number of pyridine rings is 1. The van der Waals surface area contributed by atoms with Crippen molar-refractivity contribution in [2.24, 2.45) is 0 Å². The third kappa shape index (κ3) is 4.06. The van der Waals surface area contributed by atoms with E-state index in [-0.39, 0.29) is 22.1 Å². The number of nitrogens with one attached hydrogen (secondary N) is 1. The molecule has 0 unspecified atom stereocenters. The summed E-state index contributed by atoms with van der Waals surface area (Å²) in [5, 5.41) is 3.26. The highest BCUT2D eigenvalue weighted by Gasteiger charge is 2.31. The standard InChI is InChI=1S/C18H15ClF3N3OS/c1-27-9-7-23-17-24-16(26)15(12-4-2-3-5-13(12)19)14-10-11(18(20,21)22)6-8-25(14)17/h2-6,8,10H,7,9H2,1H3,(H,23,24,26). The minimum absolute atomic E-state index is 0.0297. The minimum Gasteiger partial charge on any atom is -0.354 e. The summed E-state index contributed by atoms with van der Waals surface area (Å²) in [4.78, 5) is 16.7. The van der Waals surface area contributed by atoms with Crippen LogP contribution in [0.2, 0.25) is 5.02 Å². The maximum Gasteiger partial charge on any atom is 0.416 e. The molecule has 0 aliphatic carbocycles. The number of hydrogen-bond acceptors (Lipinski definition) is 4. The van der Waals surface area contributed by atoms with Gasteiger partial charge >= 0.3 is 6.18 Å². The molecule has 0 bridgehead atoms. The van der Waals surface area contributed by atoms with Crippen LogP contribution in [0.5, 0.6) is 0 Å². The molecule has 0 aliphatic rings. The highest BCUT2D eigenvalue weighted by molar-refractivity contribution is 7.98. The van der Waals surface area contributed by atoms with E-state index in [1.807, 2.05) is 6.26 Å². The van der Waals surface area contributed by atoms with Crippen LogP contribution in [0.15, 0.2) is 47.4 Å². The van der Waals surface area contributed by atoms with Crippen LogP contribution in [0, 0.1) is 0 Å². The number of anilines is 1. The average Bonchev–Trinajstić information content (AvgIpc) is 2.62. The predicted octanol–water partition coefficient (Wildman–Crippen LogP) is 4.81. The molecule has 0 saturated heterocycles. The average molecular weight is 414 g/mol. The molecule has 2 heterocycles. The lowest BCUT2D eigenvalue weighted by Gasteiger charge is -2.16. The summed E-state index contributed by atoms with van der Waals surface area (Å²) in [5.74, 6) is 0.943. The number of alkyl halides is 3. The Balaban J connectivity index is 2.31. The molecule has 0 saturated carbocycles. The van der Waals surface area contributed by atoms with Gasteiger partial charge < -0.3 is 5.32 Å². The van der Waals surface area contributed by atoms with Gasteiger partial charge in [-0.3, -0.25) is 9.20 Å². The highest BCUT2D eigenvalue weighted by atomic mass is 35.5. The van der Waals surface area contributed by atoms with Crippen LogP contribution in [0.25, 0.3) is 16.6 Å². The summed E-state index contributed by atoms with van der Waals surface area (Å²) < 4.78 is 41.1. The zero-order valence-corrected chi connectivity index (χ0v) is 15.8. The SMILES string of the molecule is CSCCNc1nc(=O)c(-c2ccccc2Cl)c2cc(C(F)(F)F)ccn12. The molecule has 0 spiro atoms. The highest BCUT2D eigenvalue weighted by Crippen LogP contribution is 2.34. The van der Waals surface area contributed by atoms with E-state index in [0.717, 1.165) is 17.9 Å². The van der Waals surface area contributed by atoms with Crippen molar-refractivity contribution < 1.29 is 13.2 Å². The van der Waals surface area contributed by atoms with Crippen LogP contribution in [-0.4, -0.2) is 27.9 Å². The Morgan fingerprint density at radius 2 is 2.00 bits per heavy atom. The molecular formula is C18H15ClF3N3OS. The molecule has 142 valence electrons. The third-order valence-corrected chi connectivity index (χ3v) is 4.86. The Bertz CT molecular complexity index is 1040. The number of halogens is 4. The molecule has 3 aromatic rings. The van der Waals surface area contributed by atoms with Crippen molar-refractivity contribution in [1.82, 2.24) is 9.38 Å². The zero-order chi connectivity index (χ0) is 19.6. The molecule has 0 atom stereocenters. The summed E-state index contributed by atoms with van der Waals surface area (Å²) in [5.41, 5.74) is -1.04. The Labute approximate surface area is 162 Å². The van der Waals surface area contributed by atoms with E-state index >= 15 is 0 Å². The van der Waals surface area contributed by atoms with Crippen LogP contribution >= 0.6 is 23.4 Å². The summed E-state index contributed by atoms with van der Waals surface area (Å²) in [6.07, 6.45) is -1.35. The van der Waals surface area contributed by atoms with Crippen molar-refractivity contribution >= 4 is 34.8 Å². The van der Waals surface area contributed by atoms with Gasteiger partial charge in [0.2, 0.25) is 5.95 Å². The lowest BCUT2D eigenvalue weighted by atomic mass is 10.0. The van der Waals surface area contributed by atoms with Gasteiger partial charge in [-0.2, -0.15) is 29.9 Å². The molecule has 0 fully saturated rings. The van der Waals surface area contributed by atoms with Crippen molar-refractivity contribution in [2.75, 3.05) is 23.9 Å². The van der Waals surface area contributed by atoms with E-state index < -0.39 is 17.3 Å². The van der Waals surface area contributed by atoms with Crippen LogP contribution in [0.4, 0.5) is 19.1 Å². The summed E-state index contributed by atoms with van der Waals surface area (Å²) in [6.45, 7) is 0.516. The summed E-state index contributed by atoms with van der Waals surface area (Å²) >= 11 is 7.78. The van der Waals surface area contributed by atoms with Gasteiger partial charge in [0.15, 0.2) is 0 Å². The number of fused-ring (bicyclic) bond motifs is 1. The first-order valence-electron chi connectivity index (χ1n) is 7.94. The molecule has 0 amide bonds. The fourth-order valence-electron chi connectivity index (χ4n) is 2.68. The van der Waals surface area contributed by atoms with Gasteiger partial charge in [-0.15, -0.1) is 0 Å². The summed E-state index contributed by atoms with van der Waals surface area (Å²) in [6, 6.07) is 8.40. The number of benzene rings is 1. The smallest absolute Gasteiger partial charge is 0.354 e. The van der Waals surface area contributed by atoms with E-state index in [9.17, 15) is 18.0 Å². The van der Waals surface area contributed by atoms with E-state index in [2.05, 4.69) is 10.3 Å². The van der Waals surface area contributed by atoms with Crippen molar-refractivity contribution in [3.8, 4) is 11.1 Å². The molecule has 0 aliphatic heterocycles. The molecule has 2 aromatic heterocycles. The van der Waals surface area contributed by atoms with Crippen molar-refractivity contribution in [1.29, 1.82) is 0 Å². The molecule has 27 heavy (non-hydrogen) atoms. The molecule has 4 nitrogen and oxygen atoms in total. The lowest BCUT2D eigenvalue weighted by Crippen LogP contribution is -2.20. The molecule has 9 heteroatoms. The molecule has 1 aromatic carbocycles. The fraction of sp³-hybridized carbons (Fsp3) is 0.222. The first-order valence-corrected chi connectivity index (χ1v) is 9.71. The number of aromatic nitrogens is 2. The largest absolute Gasteiger partial charge is 0.416 e. The number of hydrogen-bond donors (Lipinski definition) is 1. The Hall–Kier alpha value is -2.19. The van der Waals surface area contributed by atoms with Gasteiger partial charge in [0.25, 0.3) is 5.56 Å². The number of thioether (sulfide) groups is 1. The Kier molecular flexibility index (Phi) is 5.67. The molecule has 3 rings (SSSR count). The predicted molar refractivity (Wildman–Crippen MR) is 104 cm³/mol. The minimum atomic E-state index is -4.54. The van der Waals surface area contributed by atoms with Crippen molar-refractivity contribution in [2.45, 2.75) is 6.18 Å². The van der Waals surface area contributed by atoms with E-state index in [4.69, 9.17) is 11.6 Å². The van der Waals surface area contributed by atoms with Crippen LogP contribution in [-0.2, 0) is 6.18 Å². The van der Waals surface area contributed by atoms with Gasteiger partial charge in [0.05, 0.1) is 16.6 Å². The van der Waals surface area contributed by atoms with E-state index in [0.29, 0.717) is 12.1 Å². The third-order valence-electron chi connectivity index (χ3n) is 3.92. The number of nitrogens with zero attached hydrogens (tertiary/aromatic N) is 2. The quantitative estimate of drug-likeness (QED) is 0.610. The molecular weight excluding hydrogens is 399 g/mol. The topological polar surface area (TPSA) is 46.4 Å². The van der Waals surface area contributed by atoms with Gasteiger partial charge in [0, 0.05) is 29.1 Å². The summed E-state index contributed by atoms with van der Waals surface area (Å²) in [7, 11) is 0. The molecule has 0 radical (unpaired) electrons. The van der Waals surface area contributed by atoms with Gasteiger partial charge in [-0.1, -0.05) is 29.8 Å². The van der Waals surface area contributed by atoms with E-state index in [1.165, 1.54) is 10.6 Å². The fourth-order valence-corrected chi connectivity index (χ4v) is 3.21. The van der Waals surface area contributed by atoms with Gasteiger partial charge in [-0.05, 0) is 24.5 Å². The van der Waals surface area contributed by atoms with E-state index in [1.54, 1.807) is 36.0 Å².